The second kappa shape index (κ2) is 10.7. The normalized spacial score (nSPS) is 15.0. The van der Waals surface area contributed by atoms with Crippen molar-refractivity contribution < 1.29 is 9.53 Å². The van der Waals surface area contributed by atoms with Crippen molar-refractivity contribution in [2.24, 2.45) is 4.99 Å². The van der Waals surface area contributed by atoms with Crippen molar-refractivity contribution in [1.82, 2.24) is 4.98 Å². The number of H-pyrrole nitrogens is 1. The molecule has 35 heavy (non-hydrogen) atoms. The van der Waals surface area contributed by atoms with Crippen LogP contribution in [0.3, 0.4) is 0 Å². The molecule has 1 aliphatic rings. The number of methoxy groups -OCH3 is 1. The number of carbonyl (C=O) groups excluding carboxylic acids is 1. The van der Waals surface area contributed by atoms with Gasteiger partial charge in [-0.15, -0.1) is 0 Å². The molecule has 1 fully saturated rings. The second-order valence-corrected chi connectivity index (χ2v) is 9.35. The lowest BCUT2D eigenvalue weighted by atomic mass is 9.84. The Morgan fingerprint density at radius 3 is 2.11 bits per heavy atom. The lowest BCUT2D eigenvalue weighted by Crippen LogP contribution is -2.26. The summed E-state index contributed by atoms with van der Waals surface area (Å²) in [6.45, 7) is 0. The first-order valence-corrected chi connectivity index (χ1v) is 12.6. The molecule has 1 atom stereocenters. The molecule has 1 saturated carbocycles. The first-order valence-electron chi connectivity index (χ1n) is 12.6. The molecule has 1 aliphatic carbocycles. The number of rotatable bonds is 7. The summed E-state index contributed by atoms with van der Waals surface area (Å²) in [5.41, 5.74) is 6.38. The molecule has 0 saturated heterocycles. The third-order valence-electron chi connectivity index (χ3n) is 7.11. The number of nitrogens with zero attached hydrogens (tertiary/aromatic N) is 1. The van der Waals surface area contributed by atoms with E-state index in [2.05, 4.69) is 29.2 Å². The van der Waals surface area contributed by atoms with Crippen LogP contribution in [0.25, 0.3) is 10.9 Å². The highest BCUT2D eigenvalue weighted by Crippen LogP contribution is 2.37. The second-order valence-electron chi connectivity index (χ2n) is 9.35. The zero-order valence-corrected chi connectivity index (χ0v) is 20.2. The number of benzene rings is 3. The van der Waals surface area contributed by atoms with E-state index in [4.69, 9.17) is 9.73 Å². The predicted molar refractivity (Wildman–Crippen MR) is 142 cm³/mol. The Bertz CT molecular complexity index is 1260. The number of nitrogens with one attached hydrogen (secondary N) is 1. The summed E-state index contributed by atoms with van der Waals surface area (Å²) in [7, 11) is 1.45. The molecule has 178 valence electrons. The number of hydrogen-bond donors (Lipinski definition) is 1. The zero-order valence-electron chi connectivity index (χ0n) is 20.2. The van der Waals surface area contributed by atoms with Crippen molar-refractivity contribution in [2.45, 2.75) is 50.5 Å². The molecule has 4 heteroatoms. The lowest BCUT2D eigenvalue weighted by molar-refractivity contribution is -0.142. The van der Waals surface area contributed by atoms with Gasteiger partial charge in [-0.05, 0) is 30.4 Å². The Labute approximate surface area is 207 Å². The van der Waals surface area contributed by atoms with Crippen LogP contribution in [0.1, 0.15) is 60.4 Å². The number of aliphatic imine (C=N–C) groups is 1. The van der Waals surface area contributed by atoms with E-state index >= 15 is 0 Å². The zero-order chi connectivity index (χ0) is 24.0. The number of hydrogen-bond acceptors (Lipinski definition) is 3. The fraction of sp³-hybridized carbons (Fsp3) is 0.290. The average molecular weight is 465 g/mol. The van der Waals surface area contributed by atoms with E-state index in [1.807, 2.05) is 60.7 Å². The molecule has 1 aromatic heterocycles. The molecule has 0 spiro atoms. The fourth-order valence-corrected chi connectivity index (χ4v) is 5.36. The Balaban J connectivity index is 1.61. The number of aromatic nitrogens is 1. The van der Waals surface area contributed by atoms with Gasteiger partial charge in [0.15, 0.2) is 6.04 Å². The summed E-state index contributed by atoms with van der Waals surface area (Å²) in [6, 6.07) is 27.9. The van der Waals surface area contributed by atoms with E-state index < -0.39 is 6.04 Å². The van der Waals surface area contributed by atoms with E-state index in [1.54, 1.807) is 0 Å². The maximum atomic E-state index is 13.1. The van der Waals surface area contributed by atoms with Crippen LogP contribution in [0.5, 0.6) is 0 Å². The minimum absolute atomic E-state index is 0.311. The third-order valence-corrected chi connectivity index (χ3v) is 7.11. The average Bonchev–Trinajstić information content (AvgIpc) is 3.30. The van der Waals surface area contributed by atoms with Gasteiger partial charge in [-0.2, -0.15) is 0 Å². The van der Waals surface area contributed by atoms with Crippen LogP contribution in [0.4, 0.5) is 0 Å². The summed E-state index contributed by atoms with van der Waals surface area (Å²) >= 11 is 0. The maximum absolute atomic E-state index is 13.1. The molecule has 0 bridgehead atoms. The van der Waals surface area contributed by atoms with E-state index in [1.165, 1.54) is 55.9 Å². The van der Waals surface area contributed by atoms with Gasteiger partial charge in [-0.25, -0.2) is 4.79 Å². The van der Waals surface area contributed by atoms with E-state index in [0.29, 0.717) is 12.3 Å². The first-order chi connectivity index (χ1) is 17.2. The standard InChI is InChI=1S/C31H32N2O2/c1-35-31(34)28(33-29(22-13-5-2-6-14-22)23-15-7-3-8-16-23)21-26-25-19-11-12-20-27(25)32-30(26)24-17-9-4-10-18-24/h2-3,5-8,11-16,19-20,24,28,32H,4,9-10,17-18,21H2,1H3/t28-/m1/s1. The highest BCUT2D eigenvalue weighted by Gasteiger charge is 2.27. The van der Waals surface area contributed by atoms with Crippen LogP contribution in [0, 0.1) is 0 Å². The van der Waals surface area contributed by atoms with Gasteiger partial charge >= 0.3 is 5.97 Å². The fourth-order valence-electron chi connectivity index (χ4n) is 5.36. The molecule has 0 aliphatic heterocycles. The Morgan fingerprint density at radius 2 is 1.49 bits per heavy atom. The van der Waals surface area contributed by atoms with Crippen LogP contribution >= 0.6 is 0 Å². The smallest absolute Gasteiger partial charge is 0.330 e. The first kappa shape index (κ1) is 23.1. The van der Waals surface area contributed by atoms with Crippen LogP contribution in [-0.2, 0) is 16.0 Å². The molecule has 0 amide bonds. The Hall–Kier alpha value is -3.66. The minimum atomic E-state index is -0.642. The van der Waals surface area contributed by atoms with Crippen LogP contribution < -0.4 is 0 Å². The highest BCUT2D eigenvalue weighted by molar-refractivity contribution is 6.13. The minimum Gasteiger partial charge on any atom is -0.467 e. The number of carbonyl (C=O) groups is 1. The summed E-state index contributed by atoms with van der Waals surface area (Å²) in [5, 5.41) is 1.18. The van der Waals surface area contributed by atoms with Gasteiger partial charge in [-0.1, -0.05) is 98.1 Å². The van der Waals surface area contributed by atoms with Crippen molar-refractivity contribution in [2.75, 3.05) is 7.11 Å². The van der Waals surface area contributed by atoms with Crippen LogP contribution in [-0.4, -0.2) is 29.8 Å². The molecular formula is C31H32N2O2. The number of aromatic amines is 1. The van der Waals surface area contributed by atoms with Crippen molar-refractivity contribution >= 4 is 22.6 Å². The molecule has 1 heterocycles. The number of ether oxygens (including phenoxy) is 1. The molecule has 4 aromatic rings. The molecule has 0 radical (unpaired) electrons. The van der Waals surface area contributed by atoms with Gasteiger partial charge in [-0.3, -0.25) is 4.99 Å². The van der Waals surface area contributed by atoms with Crippen molar-refractivity contribution in [3.8, 4) is 0 Å². The van der Waals surface area contributed by atoms with Gasteiger partial charge < -0.3 is 9.72 Å². The predicted octanol–water partition coefficient (Wildman–Crippen LogP) is 6.84. The van der Waals surface area contributed by atoms with Crippen molar-refractivity contribution in [3.63, 3.8) is 0 Å². The van der Waals surface area contributed by atoms with Crippen LogP contribution in [0.15, 0.2) is 89.9 Å². The largest absolute Gasteiger partial charge is 0.467 e. The molecule has 0 unspecified atom stereocenters. The monoisotopic (exact) mass is 464 g/mol. The highest BCUT2D eigenvalue weighted by atomic mass is 16.5. The quantitative estimate of drug-likeness (QED) is 0.240. The van der Waals surface area contributed by atoms with Gasteiger partial charge in [0.2, 0.25) is 0 Å². The molecular weight excluding hydrogens is 432 g/mol. The van der Waals surface area contributed by atoms with Gasteiger partial charge in [0, 0.05) is 34.1 Å². The molecule has 4 nitrogen and oxygen atoms in total. The Kier molecular flexibility index (Phi) is 7.08. The number of esters is 1. The van der Waals surface area contributed by atoms with Gasteiger partial charge in [0.1, 0.15) is 0 Å². The summed E-state index contributed by atoms with van der Waals surface area (Å²) < 4.78 is 5.27. The van der Waals surface area contributed by atoms with Gasteiger partial charge in [0.25, 0.3) is 0 Å². The van der Waals surface area contributed by atoms with Crippen molar-refractivity contribution in [3.05, 3.63) is 107 Å². The maximum Gasteiger partial charge on any atom is 0.330 e. The summed E-state index contributed by atoms with van der Waals surface area (Å²) in [6.07, 6.45) is 6.69. The molecule has 5 rings (SSSR count). The summed E-state index contributed by atoms with van der Waals surface area (Å²) in [4.78, 5) is 21.9. The SMILES string of the molecule is COC(=O)[C@@H](Cc1c(C2CCCCC2)[nH]c2ccccc12)N=C(c1ccccc1)c1ccccc1. The van der Waals surface area contributed by atoms with E-state index in [0.717, 1.165) is 22.4 Å². The Morgan fingerprint density at radius 1 is 0.886 bits per heavy atom. The van der Waals surface area contributed by atoms with E-state index in [-0.39, 0.29) is 5.97 Å². The number of fused-ring (bicyclic) bond motifs is 1. The molecule has 1 N–H and O–H groups in total. The third kappa shape index (κ3) is 5.07. The van der Waals surface area contributed by atoms with Gasteiger partial charge in [0.05, 0.1) is 12.8 Å². The topological polar surface area (TPSA) is 54.5 Å². The van der Waals surface area contributed by atoms with E-state index in [9.17, 15) is 4.79 Å². The molecule has 3 aromatic carbocycles. The van der Waals surface area contributed by atoms with Crippen LogP contribution in [0.2, 0.25) is 0 Å². The van der Waals surface area contributed by atoms with Crippen molar-refractivity contribution in [1.29, 1.82) is 0 Å². The summed E-state index contributed by atoms with van der Waals surface area (Å²) in [5.74, 6) is 0.186. The number of para-hydroxylation sites is 1. The lowest BCUT2D eigenvalue weighted by Gasteiger charge is -2.23.